The fourth-order valence-electron chi connectivity index (χ4n) is 2.29. The van der Waals surface area contributed by atoms with E-state index in [0.717, 1.165) is 24.8 Å². The molecule has 0 aliphatic carbocycles. The Morgan fingerprint density at radius 2 is 1.88 bits per heavy atom. The fourth-order valence-corrected chi connectivity index (χ4v) is 3.07. The molecular weight excluding hydrogens is 318 g/mol. The highest BCUT2D eigenvalue weighted by Gasteiger charge is 2.07. The minimum absolute atomic E-state index is 0.197. The summed E-state index contributed by atoms with van der Waals surface area (Å²) in [6.45, 7) is 7.88. The van der Waals surface area contributed by atoms with Gasteiger partial charge in [-0.1, -0.05) is 25.1 Å². The van der Waals surface area contributed by atoms with Crippen LogP contribution in [0.25, 0.3) is 0 Å². The van der Waals surface area contributed by atoms with E-state index in [1.165, 1.54) is 10.4 Å². The third-order valence-corrected chi connectivity index (χ3v) is 4.69. The molecule has 0 aliphatic rings. The smallest absolute Gasteiger partial charge is 0.191 e. The number of ether oxygens (including phenoxy) is 1. The molecular formula is C19H27N3OS. The van der Waals surface area contributed by atoms with Crippen molar-refractivity contribution in [2.75, 3.05) is 13.6 Å². The average Bonchev–Trinajstić information content (AvgIpc) is 3.10. The van der Waals surface area contributed by atoms with Crippen LogP contribution in [-0.2, 0) is 6.54 Å². The number of nitrogens with zero attached hydrogens (tertiary/aromatic N) is 1. The summed E-state index contributed by atoms with van der Waals surface area (Å²) in [6, 6.07) is 12.4. The van der Waals surface area contributed by atoms with Gasteiger partial charge in [-0.15, -0.1) is 11.3 Å². The maximum absolute atomic E-state index is 5.66. The lowest BCUT2D eigenvalue weighted by molar-refractivity contribution is 0.242. The zero-order chi connectivity index (χ0) is 17.4. The van der Waals surface area contributed by atoms with Gasteiger partial charge in [0.15, 0.2) is 5.96 Å². The maximum atomic E-state index is 5.66. The van der Waals surface area contributed by atoms with Crippen LogP contribution in [0.3, 0.4) is 0 Å². The Balaban J connectivity index is 1.79. The van der Waals surface area contributed by atoms with Crippen LogP contribution in [0.1, 0.15) is 37.1 Å². The molecule has 2 N–H and O–H groups in total. The molecule has 0 fully saturated rings. The quantitative estimate of drug-likeness (QED) is 0.589. The highest BCUT2D eigenvalue weighted by atomic mass is 32.1. The van der Waals surface area contributed by atoms with E-state index < -0.39 is 0 Å². The fraction of sp³-hybridized carbons (Fsp3) is 0.421. The summed E-state index contributed by atoms with van der Waals surface area (Å²) >= 11 is 1.79. The molecule has 0 saturated heterocycles. The summed E-state index contributed by atoms with van der Waals surface area (Å²) in [5.74, 6) is 2.19. The molecule has 0 aliphatic heterocycles. The van der Waals surface area contributed by atoms with Gasteiger partial charge in [0, 0.05) is 30.9 Å². The number of hydrogen-bond donors (Lipinski definition) is 2. The van der Waals surface area contributed by atoms with Crippen LogP contribution < -0.4 is 15.4 Å². The number of nitrogens with one attached hydrogen (secondary N) is 2. The molecule has 4 nitrogen and oxygen atoms in total. The van der Waals surface area contributed by atoms with E-state index in [0.29, 0.717) is 5.92 Å². The van der Waals surface area contributed by atoms with Crippen molar-refractivity contribution in [2.45, 2.75) is 39.3 Å². The number of thiophene rings is 1. The van der Waals surface area contributed by atoms with Gasteiger partial charge in [0.05, 0.1) is 6.10 Å². The molecule has 1 heterocycles. The van der Waals surface area contributed by atoms with E-state index >= 15 is 0 Å². The lowest BCUT2D eigenvalue weighted by Gasteiger charge is -2.15. The lowest BCUT2D eigenvalue weighted by atomic mass is 10.1. The Kier molecular flexibility index (Phi) is 7.12. The van der Waals surface area contributed by atoms with Gasteiger partial charge < -0.3 is 15.4 Å². The maximum Gasteiger partial charge on any atom is 0.191 e. The van der Waals surface area contributed by atoms with Crippen LogP contribution in [0.5, 0.6) is 5.75 Å². The Morgan fingerprint density at radius 1 is 1.12 bits per heavy atom. The molecule has 1 atom stereocenters. The van der Waals surface area contributed by atoms with Crippen molar-refractivity contribution >= 4 is 17.3 Å². The molecule has 0 spiro atoms. The van der Waals surface area contributed by atoms with Crippen LogP contribution in [0.4, 0.5) is 0 Å². The van der Waals surface area contributed by atoms with E-state index in [2.05, 4.69) is 52.2 Å². The first-order valence-electron chi connectivity index (χ1n) is 8.32. The predicted molar refractivity (Wildman–Crippen MR) is 103 cm³/mol. The molecule has 24 heavy (non-hydrogen) atoms. The highest BCUT2D eigenvalue weighted by molar-refractivity contribution is 7.10. The van der Waals surface area contributed by atoms with Crippen molar-refractivity contribution in [2.24, 2.45) is 4.99 Å². The van der Waals surface area contributed by atoms with Gasteiger partial charge in [-0.2, -0.15) is 0 Å². The van der Waals surface area contributed by atoms with E-state index in [9.17, 15) is 0 Å². The second-order valence-electron chi connectivity index (χ2n) is 6.03. The van der Waals surface area contributed by atoms with E-state index in [1.807, 2.05) is 26.0 Å². The molecule has 2 aromatic rings. The van der Waals surface area contributed by atoms with E-state index in [1.54, 1.807) is 18.4 Å². The van der Waals surface area contributed by atoms with Gasteiger partial charge in [0.1, 0.15) is 5.75 Å². The minimum atomic E-state index is 0.197. The van der Waals surface area contributed by atoms with Crippen LogP contribution in [-0.4, -0.2) is 25.7 Å². The topological polar surface area (TPSA) is 45.7 Å². The second kappa shape index (κ2) is 9.33. The third kappa shape index (κ3) is 5.89. The minimum Gasteiger partial charge on any atom is -0.491 e. The summed E-state index contributed by atoms with van der Waals surface area (Å²) in [6.07, 6.45) is 0.197. The van der Waals surface area contributed by atoms with Gasteiger partial charge >= 0.3 is 0 Å². The zero-order valence-corrected chi connectivity index (χ0v) is 15.7. The molecule has 0 bridgehead atoms. The van der Waals surface area contributed by atoms with Gasteiger partial charge in [0.25, 0.3) is 0 Å². The third-order valence-electron chi connectivity index (χ3n) is 3.58. The van der Waals surface area contributed by atoms with Crippen LogP contribution in [0, 0.1) is 0 Å². The largest absolute Gasteiger partial charge is 0.491 e. The SMILES string of the molecule is CN=C(NCc1ccc(OC(C)C)cc1)NCC(C)c1cccs1. The molecule has 5 heteroatoms. The summed E-state index contributed by atoms with van der Waals surface area (Å²) in [7, 11) is 1.80. The summed E-state index contributed by atoms with van der Waals surface area (Å²) in [4.78, 5) is 5.67. The zero-order valence-electron chi connectivity index (χ0n) is 14.9. The Hall–Kier alpha value is -2.01. The van der Waals surface area contributed by atoms with Crippen molar-refractivity contribution in [3.8, 4) is 5.75 Å². The van der Waals surface area contributed by atoms with Crippen molar-refractivity contribution in [3.63, 3.8) is 0 Å². The first-order valence-corrected chi connectivity index (χ1v) is 9.20. The molecule has 0 amide bonds. The van der Waals surface area contributed by atoms with Crippen molar-refractivity contribution in [3.05, 3.63) is 52.2 Å². The predicted octanol–water partition coefficient (Wildman–Crippen LogP) is 4.00. The molecule has 2 rings (SSSR count). The van der Waals surface area contributed by atoms with Gasteiger partial charge in [-0.3, -0.25) is 4.99 Å². The summed E-state index contributed by atoms with van der Waals surface area (Å²) in [5.41, 5.74) is 1.19. The number of aliphatic imine (C=N–C) groups is 1. The lowest BCUT2D eigenvalue weighted by Crippen LogP contribution is -2.38. The Labute approximate surface area is 149 Å². The normalized spacial score (nSPS) is 13.0. The monoisotopic (exact) mass is 345 g/mol. The molecule has 1 aromatic carbocycles. The summed E-state index contributed by atoms with van der Waals surface area (Å²) in [5, 5.41) is 8.85. The second-order valence-corrected chi connectivity index (χ2v) is 7.01. The number of hydrogen-bond acceptors (Lipinski definition) is 3. The highest BCUT2D eigenvalue weighted by Crippen LogP contribution is 2.19. The van der Waals surface area contributed by atoms with Crippen LogP contribution >= 0.6 is 11.3 Å². The van der Waals surface area contributed by atoms with Crippen molar-refractivity contribution < 1.29 is 4.74 Å². The Bertz CT molecular complexity index is 621. The van der Waals surface area contributed by atoms with E-state index in [-0.39, 0.29) is 6.10 Å². The van der Waals surface area contributed by atoms with Gasteiger partial charge in [-0.05, 0) is 43.0 Å². The van der Waals surface area contributed by atoms with Gasteiger partial charge in [-0.25, -0.2) is 0 Å². The van der Waals surface area contributed by atoms with Crippen molar-refractivity contribution in [1.82, 2.24) is 10.6 Å². The summed E-state index contributed by atoms with van der Waals surface area (Å²) < 4.78 is 5.66. The molecule has 0 radical (unpaired) electrons. The number of benzene rings is 1. The van der Waals surface area contributed by atoms with Crippen LogP contribution in [0.15, 0.2) is 46.8 Å². The molecule has 1 unspecified atom stereocenters. The molecule has 0 saturated carbocycles. The first-order chi connectivity index (χ1) is 11.6. The van der Waals surface area contributed by atoms with Gasteiger partial charge in [0.2, 0.25) is 0 Å². The van der Waals surface area contributed by atoms with Crippen LogP contribution in [0.2, 0.25) is 0 Å². The standard InChI is InChI=1S/C19H27N3OS/c1-14(2)23-17-9-7-16(8-10-17)13-22-19(20-4)21-12-15(3)18-6-5-11-24-18/h5-11,14-15H,12-13H2,1-4H3,(H2,20,21,22). The average molecular weight is 346 g/mol. The number of rotatable bonds is 7. The molecule has 1 aromatic heterocycles. The van der Waals surface area contributed by atoms with E-state index in [4.69, 9.17) is 4.74 Å². The molecule has 130 valence electrons. The number of guanidine groups is 1. The van der Waals surface area contributed by atoms with Crippen molar-refractivity contribution in [1.29, 1.82) is 0 Å². The Morgan fingerprint density at radius 3 is 2.46 bits per heavy atom. The first kappa shape index (κ1) is 18.3.